The molecule has 0 aliphatic carbocycles. The van der Waals surface area contributed by atoms with E-state index in [9.17, 15) is 4.79 Å². The lowest BCUT2D eigenvalue weighted by atomic mass is 10.0. The van der Waals surface area contributed by atoms with Crippen LogP contribution in [-0.4, -0.2) is 11.1 Å². The van der Waals surface area contributed by atoms with E-state index in [1.165, 1.54) is 5.56 Å². The highest BCUT2D eigenvalue weighted by Gasteiger charge is 2.05. The predicted molar refractivity (Wildman–Crippen MR) is 74.8 cm³/mol. The molecule has 2 rings (SSSR count). The molecule has 2 aromatic rings. The third kappa shape index (κ3) is 4.23. The summed E-state index contributed by atoms with van der Waals surface area (Å²) in [4.78, 5) is 10.8. The standard InChI is InChI=1S/C16H17NO2/c18-16(19)10-14-8-4-5-9-15(14)12-17-11-13-6-2-1-3-7-13/h1-9,17H,10-12H2,(H,18,19). The molecule has 0 saturated heterocycles. The molecule has 0 heterocycles. The first kappa shape index (κ1) is 13.3. The number of hydrogen-bond acceptors (Lipinski definition) is 2. The van der Waals surface area contributed by atoms with Crippen molar-refractivity contribution >= 4 is 5.97 Å². The number of nitrogens with one attached hydrogen (secondary N) is 1. The molecule has 2 N–H and O–H groups in total. The number of aliphatic carboxylic acids is 1. The largest absolute Gasteiger partial charge is 0.481 e. The summed E-state index contributed by atoms with van der Waals surface area (Å²) in [5, 5.41) is 12.2. The average Bonchev–Trinajstić information content (AvgIpc) is 2.41. The van der Waals surface area contributed by atoms with E-state index in [-0.39, 0.29) is 6.42 Å². The van der Waals surface area contributed by atoms with Crippen molar-refractivity contribution in [3.63, 3.8) is 0 Å². The summed E-state index contributed by atoms with van der Waals surface area (Å²) in [6.45, 7) is 1.46. The van der Waals surface area contributed by atoms with Crippen LogP contribution in [0.4, 0.5) is 0 Å². The van der Waals surface area contributed by atoms with E-state index in [0.717, 1.165) is 17.7 Å². The van der Waals surface area contributed by atoms with Crippen LogP contribution in [0.1, 0.15) is 16.7 Å². The summed E-state index contributed by atoms with van der Waals surface area (Å²) in [5.74, 6) is -0.796. The quantitative estimate of drug-likeness (QED) is 0.834. The minimum Gasteiger partial charge on any atom is -0.481 e. The first-order valence-corrected chi connectivity index (χ1v) is 6.29. The smallest absolute Gasteiger partial charge is 0.307 e. The Bertz CT molecular complexity index is 537. The zero-order valence-corrected chi connectivity index (χ0v) is 10.7. The summed E-state index contributed by atoms with van der Waals surface area (Å²) < 4.78 is 0. The fraction of sp³-hybridized carbons (Fsp3) is 0.188. The molecule has 3 heteroatoms. The molecule has 2 aromatic carbocycles. The number of carbonyl (C=O) groups is 1. The van der Waals surface area contributed by atoms with Gasteiger partial charge in [-0.3, -0.25) is 4.79 Å². The van der Waals surface area contributed by atoms with Crippen molar-refractivity contribution in [3.8, 4) is 0 Å². The lowest BCUT2D eigenvalue weighted by Crippen LogP contribution is -2.15. The second kappa shape index (κ2) is 6.71. The molecular weight excluding hydrogens is 238 g/mol. The number of benzene rings is 2. The van der Waals surface area contributed by atoms with E-state index in [2.05, 4.69) is 17.4 Å². The van der Waals surface area contributed by atoms with Crippen LogP contribution >= 0.6 is 0 Å². The molecule has 0 aliphatic heterocycles. The molecule has 19 heavy (non-hydrogen) atoms. The van der Waals surface area contributed by atoms with E-state index in [0.29, 0.717) is 6.54 Å². The van der Waals surface area contributed by atoms with Crippen LogP contribution in [0, 0.1) is 0 Å². The van der Waals surface area contributed by atoms with Gasteiger partial charge in [0.15, 0.2) is 0 Å². The normalized spacial score (nSPS) is 10.3. The van der Waals surface area contributed by atoms with Gasteiger partial charge < -0.3 is 10.4 Å². The van der Waals surface area contributed by atoms with Crippen molar-refractivity contribution in [1.82, 2.24) is 5.32 Å². The Balaban J connectivity index is 1.94. The molecule has 0 aromatic heterocycles. The van der Waals surface area contributed by atoms with E-state index in [1.54, 1.807) is 0 Å². The Hall–Kier alpha value is -2.13. The lowest BCUT2D eigenvalue weighted by Gasteiger charge is -2.09. The first-order chi connectivity index (χ1) is 9.25. The van der Waals surface area contributed by atoms with Crippen molar-refractivity contribution in [2.24, 2.45) is 0 Å². The van der Waals surface area contributed by atoms with Crippen LogP contribution < -0.4 is 5.32 Å². The SMILES string of the molecule is O=C(O)Cc1ccccc1CNCc1ccccc1. The molecule has 0 spiro atoms. The van der Waals surface area contributed by atoms with Gasteiger partial charge in [-0.25, -0.2) is 0 Å². The molecule has 0 fully saturated rings. The minimum absolute atomic E-state index is 0.0726. The fourth-order valence-electron chi connectivity index (χ4n) is 2.00. The van der Waals surface area contributed by atoms with E-state index >= 15 is 0 Å². The summed E-state index contributed by atoms with van der Waals surface area (Å²) in [6, 6.07) is 17.8. The zero-order chi connectivity index (χ0) is 13.5. The summed E-state index contributed by atoms with van der Waals surface area (Å²) >= 11 is 0. The molecule has 3 nitrogen and oxygen atoms in total. The average molecular weight is 255 g/mol. The molecule has 98 valence electrons. The highest BCUT2D eigenvalue weighted by atomic mass is 16.4. The fourth-order valence-corrected chi connectivity index (χ4v) is 2.00. The van der Waals surface area contributed by atoms with Crippen molar-refractivity contribution in [3.05, 3.63) is 71.3 Å². The molecule has 0 atom stereocenters. The van der Waals surface area contributed by atoms with Crippen LogP contribution in [0.25, 0.3) is 0 Å². The van der Waals surface area contributed by atoms with Gasteiger partial charge in [-0.05, 0) is 16.7 Å². The highest BCUT2D eigenvalue weighted by Crippen LogP contribution is 2.10. The molecular formula is C16H17NO2. The Kier molecular flexibility index (Phi) is 4.70. The maximum absolute atomic E-state index is 10.8. The van der Waals surface area contributed by atoms with E-state index in [1.807, 2.05) is 42.5 Å². The Morgan fingerprint density at radius 1 is 0.895 bits per heavy atom. The van der Waals surface area contributed by atoms with Gasteiger partial charge in [0.25, 0.3) is 0 Å². The maximum Gasteiger partial charge on any atom is 0.307 e. The molecule has 0 aliphatic rings. The van der Waals surface area contributed by atoms with Gasteiger partial charge in [0.05, 0.1) is 6.42 Å². The maximum atomic E-state index is 10.8. The van der Waals surface area contributed by atoms with Gasteiger partial charge in [0.1, 0.15) is 0 Å². The van der Waals surface area contributed by atoms with E-state index < -0.39 is 5.97 Å². The van der Waals surface area contributed by atoms with Crippen LogP contribution in [0.3, 0.4) is 0 Å². The molecule has 0 amide bonds. The van der Waals surface area contributed by atoms with Gasteiger partial charge >= 0.3 is 5.97 Å². The number of carboxylic acids is 1. The Morgan fingerprint density at radius 2 is 1.53 bits per heavy atom. The predicted octanol–water partition coefficient (Wildman–Crippen LogP) is 2.60. The second-order valence-electron chi connectivity index (χ2n) is 4.43. The number of rotatable bonds is 6. The van der Waals surface area contributed by atoms with Crippen LogP contribution in [0.15, 0.2) is 54.6 Å². The third-order valence-corrected chi connectivity index (χ3v) is 2.95. The highest BCUT2D eigenvalue weighted by molar-refractivity contribution is 5.70. The van der Waals surface area contributed by atoms with Crippen LogP contribution in [-0.2, 0) is 24.3 Å². The second-order valence-corrected chi connectivity index (χ2v) is 4.43. The van der Waals surface area contributed by atoms with Gasteiger partial charge in [0.2, 0.25) is 0 Å². The summed E-state index contributed by atoms with van der Waals surface area (Å²) in [6.07, 6.45) is 0.0726. The molecule has 0 unspecified atom stereocenters. The van der Waals surface area contributed by atoms with Gasteiger partial charge in [-0.1, -0.05) is 54.6 Å². The molecule has 0 saturated carbocycles. The van der Waals surface area contributed by atoms with Crippen molar-refractivity contribution in [1.29, 1.82) is 0 Å². The van der Waals surface area contributed by atoms with Gasteiger partial charge in [-0.2, -0.15) is 0 Å². The van der Waals surface area contributed by atoms with Crippen molar-refractivity contribution < 1.29 is 9.90 Å². The summed E-state index contributed by atoms with van der Waals surface area (Å²) in [5.41, 5.74) is 3.13. The van der Waals surface area contributed by atoms with Crippen molar-refractivity contribution in [2.45, 2.75) is 19.5 Å². The monoisotopic (exact) mass is 255 g/mol. The Morgan fingerprint density at radius 3 is 2.21 bits per heavy atom. The van der Waals surface area contributed by atoms with Crippen molar-refractivity contribution in [2.75, 3.05) is 0 Å². The van der Waals surface area contributed by atoms with Crippen LogP contribution in [0.5, 0.6) is 0 Å². The number of carboxylic acid groups (broad SMARTS) is 1. The summed E-state index contributed by atoms with van der Waals surface area (Å²) in [7, 11) is 0. The minimum atomic E-state index is -0.796. The third-order valence-electron chi connectivity index (χ3n) is 2.95. The zero-order valence-electron chi connectivity index (χ0n) is 10.7. The topological polar surface area (TPSA) is 49.3 Å². The van der Waals surface area contributed by atoms with Crippen LogP contribution in [0.2, 0.25) is 0 Å². The molecule has 0 bridgehead atoms. The first-order valence-electron chi connectivity index (χ1n) is 6.29. The molecule has 0 radical (unpaired) electrons. The van der Waals surface area contributed by atoms with Gasteiger partial charge in [0, 0.05) is 13.1 Å². The lowest BCUT2D eigenvalue weighted by molar-refractivity contribution is -0.136. The van der Waals surface area contributed by atoms with E-state index in [4.69, 9.17) is 5.11 Å². The Labute approximate surface area is 112 Å². The number of hydrogen-bond donors (Lipinski definition) is 2. The van der Waals surface area contributed by atoms with Gasteiger partial charge in [-0.15, -0.1) is 0 Å².